The first kappa shape index (κ1) is 25.5. The van der Waals surface area contributed by atoms with E-state index in [1.54, 1.807) is 13.8 Å². The standard InChI is InChI=1S/C30H52O4/c1-19(9-10-23(32)25(4,5)33)20-11-15-28(8)26(20,6)17-18-29-27(7)14-13-22(31)24(2,3)21(27)12-16-30(28,29)34-29/h19-23,31-33H,9-18H2,1-8H3/t19?,20?,21-,22-,23?,26+,27-,28+,29?,30?/m0/s1. The number of fused-ring (bicyclic) bond motifs is 2. The molecule has 5 rings (SSSR count). The Labute approximate surface area is 208 Å². The Morgan fingerprint density at radius 3 is 2.18 bits per heavy atom. The van der Waals surface area contributed by atoms with Gasteiger partial charge in [-0.2, -0.15) is 0 Å². The maximum Gasteiger partial charge on any atom is 0.104 e. The molecule has 4 heteroatoms. The van der Waals surface area contributed by atoms with Crippen molar-refractivity contribution in [1.82, 2.24) is 0 Å². The largest absolute Gasteiger partial charge is 0.393 e. The molecule has 0 aromatic rings. The highest BCUT2D eigenvalue weighted by molar-refractivity contribution is 5.38. The third-order valence-corrected chi connectivity index (χ3v) is 13.4. The molecule has 4 nitrogen and oxygen atoms in total. The number of epoxide rings is 1. The van der Waals surface area contributed by atoms with Crippen LogP contribution in [0, 0.1) is 39.4 Å². The van der Waals surface area contributed by atoms with Crippen molar-refractivity contribution in [2.24, 2.45) is 39.4 Å². The van der Waals surface area contributed by atoms with Gasteiger partial charge in [0.1, 0.15) is 11.2 Å². The predicted octanol–water partition coefficient (Wildman–Crippen LogP) is 5.86. The van der Waals surface area contributed by atoms with E-state index in [2.05, 4.69) is 41.5 Å². The molecule has 5 fully saturated rings. The second-order valence-corrected chi connectivity index (χ2v) is 15.3. The molecule has 0 bridgehead atoms. The van der Waals surface area contributed by atoms with E-state index in [-0.39, 0.29) is 39.0 Å². The zero-order valence-electron chi connectivity index (χ0n) is 23.2. The molecule has 196 valence electrons. The molecule has 3 N–H and O–H groups in total. The van der Waals surface area contributed by atoms with Crippen LogP contribution in [0.4, 0.5) is 0 Å². The minimum absolute atomic E-state index is 0.00229. The van der Waals surface area contributed by atoms with Gasteiger partial charge in [-0.05, 0) is 107 Å². The number of rotatable bonds is 5. The zero-order chi connectivity index (χ0) is 25.2. The van der Waals surface area contributed by atoms with Crippen LogP contribution in [0.3, 0.4) is 0 Å². The summed E-state index contributed by atoms with van der Waals surface area (Å²) < 4.78 is 7.21. The van der Waals surface area contributed by atoms with Crippen molar-refractivity contribution in [3.05, 3.63) is 0 Å². The van der Waals surface area contributed by atoms with Gasteiger partial charge in [-0.15, -0.1) is 0 Å². The summed E-state index contributed by atoms with van der Waals surface area (Å²) >= 11 is 0. The first-order chi connectivity index (χ1) is 15.5. The maximum absolute atomic E-state index is 10.9. The van der Waals surface area contributed by atoms with Crippen molar-refractivity contribution >= 4 is 0 Å². The van der Waals surface area contributed by atoms with E-state index in [0.717, 1.165) is 32.1 Å². The van der Waals surface area contributed by atoms with Crippen LogP contribution in [0.1, 0.15) is 120 Å². The number of aliphatic hydroxyl groups is 3. The highest BCUT2D eigenvalue weighted by atomic mass is 16.6. The molecule has 0 aromatic carbocycles. The van der Waals surface area contributed by atoms with Gasteiger partial charge in [0, 0.05) is 10.8 Å². The van der Waals surface area contributed by atoms with Crippen LogP contribution in [0.15, 0.2) is 0 Å². The van der Waals surface area contributed by atoms with Crippen LogP contribution in [0.5, 0.6) is 0 Å². The lowest BCUT2D eigenvalue weighted by molar-refractivity contribution is -0.158. The van der Waals surface area contributed by atoms with E-state index in [9.17, 15) is 15.3 Å². The monoisotopic (exact) mass is 476 g/mol. The lowest BCUT2D eigenvalue weighted by atomic mass is 9.38. The van der Waals surface area contributed by atoms with Crippen LogP contribution >= 0.6 is 0 Å². The van der Waals surface area contributed by atoms with E-state index < -0.39 is 11.7 Å². The van der Waals surface area contributed by atoms with Crippen molar-refractivity contribution in [3.8, 4) is 0 Å². The summed E-state index contributed by atoms with van der Waals surface area (Å²) in [6.45, 7) is 18.1. The van der Waals surface area contributed by atoms with Crippen molar-refractivity contribution in [2.75, 3.05) is 0 Å². The van der Waals surface area contributed by atoms with Crippen LogP contribution in [-0.2, 0) is 4.74 Å². The summed E-state index contributed by atoms with van der Waals surface area (Å²) in [6.07, 6.45) is 9.94. The van der Waals surface area contributed by atoms with Crippen LogP contribution < -0.4 is 0 Å². The number of hydrogen-bond acceptors (Lipinski definition) is 4. The summed E-state index contributed by atoms with van der Waals surface area (Å²) in [4.78, 5) is 0. The first-order valence-electron chi connectivity index (χ1n) is 14.3. The molecule has 34 heavy (non-hydrogen) atoms. The summed E-state index contributed by atoms with van der Waals surface area (Å²) in [5.74, 6) is 1.69. The lowest BCUT2D eigenvalue weighted by Gasteiger charge is -2.64. The third kappa shape index (κ3) is 2.81. The molecule has 0 amide bonds. The van der Waals surface area contributed by atoms with Gasteiger partial charge in [-0.1, -0.05) is 41.5 Å². The summed E-state index contributed by atoms with van der Waals surface area (Å²) in [7, 11) is 0. The SMILES string of the molecule is CC(CCC(O)C(C)(C)O)C1CC[C@@]2(C)C34CC[C@H]5C(C)(C)[C@@H](O)CC[C@]5(C)C3(CC[C@]12C)O4. The van der Waals surface area contributed by atoms with Gasteiger partial charge in [-0.3, -0.25) is 0 Å². The van der Waals surface area contributed by atoms with Gasteiger partial charge in [0.2, 0.25) is 0 Å². The Bertz CT molecular complexity index is 832. The maximum atomic E-state index is 10.9. The predicted molar refractivity (Wildman–Crippen MR) is 135 cm³/mol. The third-order valence-electron chi connectivity index (χ3n) is 13.4. The fourth-order valence-electron chi connectivity index (χ4n) is 10.9. The van der Waals surface area contributed by atoms with Gasteiger partial charge in [0.05, 0.1) is 17.8 Å². The quantitative estimate of drug-likeness (QED) is 0.435. The van der Waals surface area contributed by atoms with E-state index >= 15 is 0 Å². The van der Waals surface area contributed by atoms with Crippen molar-refractivity contribution < 1.29 is 20.1 Å². The summed E-state index contributed by atoms with van der Waals surface area (Å²) in [5.41, 5.74) is -0.510. The molecule has 4 aliphatic carbocycles. The molecule has 5 unspecified atom stereocenters. The Balaban J connectivity index is 1.41. The minimum atomic E-state index is -1.03. The molecule has 0 spiro atoms. The van der Waals surface area contributed by atoms with Crippen molar-refractivity contribution in [3.63, 3.8) is 0 Å². The van der Waals surface area contributed by atoms with E-state index in [0.29, 0.717) is 24.2 Å². The smallest absolute Gasteiger partial charge is 0.104 e. The fraction of sp³-hybridized carbons (Fsp3) is 1.00. The Kier molecular flexibility index (Phi) is 5.42. The summed E-state index contributed by atoms with van der Waals surface area (Å²) in [6, 6.07) is 0. The van der Waals surface area contributed by atoms with E-state index in [4.69, 9.17) is 4.74 Å². The van der Waals surface area contributed by atoms with Gasteiger partial charge >= 0.3 is 0 Å². The second kappa shape index (κ2) is 7.23. The van der Waals surface area contributed by atoms with Crippen LogP contribution in [-0.4, -0.2) is 44.3 Å². The Hall–Kier alpha value is -0.160. The average molecular weight is 477 g/mol. The summed E-state index contributed by atoms with van der Waals surface area (Å²) in [5, 5.41) is 31.5. The molecule has 0 aromatic heterocycles. The van der Waals surface area contributed by atoms with Gasteiger partial charge in [0.25, 0.3) is 0 Å². The molecule has 4 saturated carbocycles. The highest BCUT2D eigenvalue weighted by Gasteiger charge is 2.90. The van der Waals surface area contributed by atoms with E-state index in [1.807, 2.05) is 0 Å². The first-order valence-corrected chi connectivity index (χ1v) is 14.3. The molecule has 5 aliphatic rings. The molecule has 0 radical (unpaired) electrons. The second-order valence-electron chi connectivity index (χ2n) is 15.3. The van der Waals surface area contributed by atoms with Gasteiger partial charge in [-0.25, -0.2) is 0 Å². The number of aliphatic hydroxyl groups excluding tert-OH is 2. The van der Waals surface area contributed by atoms with Crippen molar-refractivity contribution in [1.29, 1.82) is 0 Å². The Morgan fingerprint density at radius 1 is 0.853 bits per heavy atom. The normalized spacial score (nSPS) is 53.2. The average Bonchev–Trinajstić information content (AvgIpc) is 3.37. The minimum Gasteiger partial charge on any atom is -0.393 e. The highest BCUT2D eigenvalue weighted by Crippen LogP contribution is 2.86. The lowest BCUT2D eigenvalue weighted by Crippen LogP contribution is -2.66. The number of ether oxygens (including phenoxy) is 1. The molecule has 10 atom stereocenters. The zero-order valence-corrected chi connectivity index (χ0v) is 23.2. The molecule has 1 aliphatic heterocycles. The molecule has 1 heterocycles. The van der Waals surface area contributed by atoms with Crippen molar-refractivity contribution in [2.45, 2.75) is 149 Å². The molecular formula is C30H52O4. The topological polar surface area (TPSA) is 73.2 Å². The van der Waals surface area contributed by atoms with Gasteiger partial charge < -0.3 is 20.1 Å². The number of hydrogen-bond donors (Lipinski definition) is 3. The van der Waals surface area contributed by atoms with Crippen LogP contribution in [0.25, 0.3) is 0 Å². The molecule has 1 saturated heterocycles. The fourth-order valence-corrected chi connectivity index (χ4v) is 10.9. The van der Waals surface area contributed by atoms with E-state index in [1.165, 1.54) is 25.7 Å². The van der Waals surface area contributed by atoms with Gasteiger partial charge in [0.15, 0.2) is 0 Å². The van der Waals surface area contributed by atoms with Crippen LogP contribution in [0.2, 0.25) is 0 Å². The Morgan fingerprint density at radius 2 is 1.53 bits per heavy atom. The molecular weight excluding hydrogens is 424 g/mol.